The van der Waals surface area contributed by atoms with Gasteiger partial charge < -0.3 is 14.8 Å². The minimum Gasteiger partial charge on any atom is -0.434 e. The Balaban J connectivity index is 1.21. The molecule has 0 heterocycles. The van der Waals surface area contributed by atoms with Gasteiger partial charge in [0.1, 0.15) is 5.75 Å². The van der Waals surface area contributed by atoms with Crippen molar-refractivity contribution in [2.45, 2.75) is 39.5 Å². The molecule has 0 atom stereocenters. The molecule has 1 N–H and O–H groups in total. The number of unbranched alkanes of at least 4 members (excludes halogenated alkanes) is 2. The van der Waals surface area contributed by atoms with Crippen molar-refractivity contribution in [2.24, 2.45) is 30.7 Å². The molecule has 0 aliphatic carbocycles. The van der Waals surface area contributed by atoms with E-state index in [4.69, 9.17) is 9.47 Å². The topological polar surface area (TPSA) is 122 Å². The molecular weight excluding hydrogens is 590 g/mol. The van der Waals surface area contributed by atoms with Gasteiger partial charge in [-0.25, -0.2) is 4.79 Å². The molecule has 0 unspecified atom stereocenters. The van der Waals surface area contributed by atoms with Crippen LogP contribution in [0.15, 0.2) is 140 Å². The Labute approximate surface area is 274 Å². The average Bonchev–Trinajstić information content (AvgIpc) is 3.11. The average molecular weight is 628 g/mol. The monoisotopic (exact) mass is 627 g/mol. The number of anilines is 1. The number of benzene rings is 5. The molecule has 0 aliphatic rings. The summed E-state index contributed by atoms with van der Waals surface area (Å²) < 4.78 is 10.2. The molecule has 0 saturated heterocycles. The lowest BCUT2D eigenvalue weighted by Crippen LogP contribution is -2.11. The van der Waals surface area contributed by atoms with Gasteiger partial charge in [0.15, 0.2) is 0 Å². The molecule has 238 valence electrons. The van der Waals surface area contributed by atoms with Crippen LogP contribution in [-0.4, -0.2) is 19.3 Å². The van der Waals surface area contributed by atoms with Crippen LogP contribution in [0.4, 0.5) is 44.6 Å². The smallest absolute Gasteiger partial charge is 0.434 e. The fourth-order valence-electron chi connectivity index (χ4n) is 4.43. The highest BCUT2D eigenvalue weighted by molar-refractivity contribution is 5.99. The summed E-state index contributed by atoms with van der Waals surface area (Å²) in [4.78, 5) is 11.8. The van der Waals surface area contributed by atoms with E-state index < -0.39 is 6.16 Å². The third-order valence-electron chi connectivity index (χ3n) is 7.04. The molecular formula is C37H37N7O3. The standard InChI is InChI=1S/C37H37N7O3/c1-3-5-25-38-27-11-13-28(14-12-27)39-40-29-15-17-30(18-16-29)41-43-35-23-24-36(34-10-8-7-9-33(34)35)44-42-31-19-21-32(22-20-31)47-37(45)46-26-6-4-2/h7-24,38H,3-6,25-26H2,1-2H3/b40-39+,43-41+,44-42+. The summed E-state index contributed by atoms with van der Waals surface area (Å²) in [6.45, 7) is 5.50. The van der Waals surface area contributed by atoms with Gasteiger partial charge in [0.2, 0.25) is 0 Å². The number of carbonyl (C=O) groups excluding carboxylic acids is 1. The molecule has 0 spiro atoms. The Bertz CT molecular complexity index is 1840. The van der Waals surface area contributed by atoms with Crippen LogP contribution in [0.2, 0.25) is 0 Å². The second kappa shape index (κ2) is 17.1. The highest BCUT2D eigenvalue weighted by Gasteiger charge is 2.07. The van der Waals surface area contributed by atoms with Gasteiger partial charge in [-0.05, 0) is 97.8 Å². The number of carbonyl (C=O) groups is 1. The third kappa shape index (κ3) is 9.86. The van der Waals surface area contributed by atoms with Crippen molar-refractivity contribution in [3.8, 4) is 5.75 Å². The number of fused-ring (bicyclic) bond motifs is 1. The number of hydrogen-bond donors (Lipinski definition) is 1. The molecule has 5 aromatic rings. The first kappa shape index (κ1) is 32.6. The second-order valence-electron chi connectivity index (χ2n) is 10.6. The van der Waals surface area contributed by atoms with Gasteiger partial charge in [0.25, 0.3) is 0 Å². The molecule has 0 aromatic heterocycles. The molecule has 0 fully saturated rings. The van der Waals surface area contributed by atoms with Crippen LogP contribution in [0.5, 0.6) is 5.75 Å². The van der Waals surface area contributed by atoms with Crippen molar-refractivity contribution < 1.29 is 14.3 Å². The summed E-state index contributed by atoms with van der Waals surface area (Å²) in [6, 6.07) is 33.7. The number of rotatable bonds is 14. The van der Waals surface area contributed by atoms with E-state index >= 15 is 0 Å². The van der Waals surface area contributed by atoms with Gasteiger partial charge in [-0.15, -0.1) is 10.2 Å². The van der Waals surface area contributed by atoms with E-state index in [2.05, 4.69) is 42.9 Å². The Morgan fingerprint density at radius 1 is 0.574 bits per heavy atom. The van der Waals surface area contributed by atoms with E-state index in [1.165, 1.54) is 0 Å². The first-order valence-corrected chi connectivity index (χ1v) is 15.8. The van der Waals surface area contributed by atoms with Gasteiger partial charge in [0, 0.05) is 23.0 Å². The highest BCUT2D eigenvalue weighted by atomic mass is 16.7. The lowest BCUT2D eigenvalue weighted by molar-refractivity contribution is 0.0978. The summed E-state index contributed by atoms with van der Waals surface area (Å²) in [7, 11) is 0. The summed E-state index contributed by atoms with van der Waals surface area (Å²) in [5.74, 6) is 0.376. The van der Waals surface area contributed by atoms with Crippen molar-refractivity contribution in [2.75, 3.05) is 18.5 Å². The van der Waals surface area contributed by atoms with Gasteiger partial charge in [-0.3, -0.25) is 0 Å². The zero-order valence-corrected chi connectivity index (χ0v) is 26.5. The summed E-state index contributed by atoms with van der Waals surface area (Å²) in [6.07, 6.45) is 3.32. The summed E-state index contributed by atoms with van der Waals surface area (Å²) in [5.41, 5.74) is 5.30. The van der Waals surface area contributed by atoms with Crippen molar-refractivity contribution >= 4 is 56.7 Å². The van der Waals surface area contributed by atoms with E-state index in [1.54, 1.807) is 24.3 Å². The molecule has 0 radical (unpaired) electrons. The lowest BCUT2D eigenvalue weighted by atomic mass is 10.1. The number of nitrogens with zero attached hydrogens (tertiary/aromatic N) is 6. The second-order valence-corrected chi connectivity index (χ2v) is 10.6. The molecule has 5 aromatic carbocycles. The third-order valence-corrected chi connectivity index (χ3v) is 7.04. The number of hydrogen-bond acceptors (Lipinski definition) is 10. The van der Waals surface area contributed by atoms with Crippen molar-refractivity contribution in [3.05, 3.63) is 109 Å². The Hall–Kier alpha value is -5.77. The van der Waals surface area contributed by atoms with Crippen LogP contribution in [-0.2, 0) is 4.74 Å². The van der Waals surface area contributed by atoms with E-state index in [9.17, 15) is 4.79 Å². The van der Waals surface area contributed by atoms with Crippen LogP contribution in [0.25, 0.3) is 10.8 Å². The SMILES string of the molecule is CCCCNc1ccc(/N=N/c2ccc(/N=N/c3ccc(/N=N/c4ccc(OC(=O)OCCCC)cc4)c4ccccc34)cc2)cc1. The predicted molar refractivity (Wildman–Crippen MR) is 186 cm³/mol. The van der Waals surface area contributed by atoms with Gasteiger partial charge in [0.05, 0.1) is 40.7 Å². The maximum atomic E-state index is 11.8. The lowest BCUT2D eigenvalue weighted by Gasteiger charge is -2.05. The van der Waals surface area contributed by atoms with Crippen LogP contribution in [0, 0.1) is 0 Å². The van der Waals surface area contributed by atoms with Gasteiger partial charge in [-0.1, -0.05) is 51.0 Å². The fraction of sp³-hybridized carbons (Fsp3) is 0.216. The number of nitrogens with one attached hydrogen (secondary N) is 1. The van der Waals surface area contributed by atoms with Gasteiger partial charge in [-0.2, -0.15) is 20.5 Å². The predicted octanol–water partition coefficient (Wildman–Crippen LogP) is 12.6. The first-order chi connectivity index (χ1) is 23.1. The zero-order chi connectivity index (χ0) is 32.7. The molecule has 10 heteroatoms. The minimum atomic E-state index is -0.719. The van der Waals surface area contributed by atoms with Crippen LogP contribution in [0.1, 0.15) is 39.5 Å². The quantitative estimate of drug-likeness (QED) is 0.0569. The maximum absolute atomic E-state index is 11.8. The molecule has 10 nitrogen and oxygen atoms in total. The van der Waals surface area contributed by atoms with Crippen molar-refractivity contribution in [1.29, 1.82) is 0 Å². The van der Waals surface area contributed by atoms with E-state index in [0.717, 1.165) is 60.1 Å². The first-order valence-electron chi connectivity index (χ1n) is 15.8. The normalized spacial score (nSPS) is 11.5. The molecule has 0 amide bonds. The summed E-state index contributed by atoms with van der Waals surface area (Å²) >= 11 is 0. The number of azo groups is 3. The van der Waals surface area contributed by atoms with Crippen molar-refractivity contribution in [3.63, 3.8) is 0 Å². The molecule has 0 aliphatic heterocycles. The maximum Gasteiger partial charge on any atom is 0.513 e. The molecule has 47 heavy (non-hydrogen) atoms. The molecule has 0 saturated carbocycles. The van der Waals surface area contributed by atoms with E-state index in [-0.39, 0.29) is 0 Å². The summed E-state index contributed by atoms with van der Waals surface area (Å²) in [5, 5.41) is 31.7. The molecule has 0 bridgehead atoms. The number of ether oxygens (including phenoxy) is 2. The Morgan fingerprint density at radius 2 is 1.04 bits per heavy atom. The van der Waals surface area contributed by atoms with Crippen LogP contribution < -0.4 is 10.1 Å². The largest absolute Gasteiger partial charge is 0.513 e. The van der Waals surface area contributed by atoms with E-state index in [0.29, 0.717) is 35.1 Å². The van der Waals surface area contributed by atoms with Crippen LogP contribution >= 0.6 is 0 Å². The van der Waals surface area contributed by atoms with E-state index in [1.807, 2.05) is 91.9 Å². The van der Waals surface area contributed by atoms with Crippen molar-refractivity contribution in [1.82, 2.24) is 0 Å². The molecule has 5 rings (SSSR count). The zero-order valence-electron chi connectivity index (χ0n) is 26.5. The van der Waals surface area contributed by atoms with Gasteiger partial charge >= 0.3 is 6.16 Å². The Morgan fingerprint density at radius 3 is 1.55 bits per heavy atom. The van der Waals surface area contributed by atoms with Crippen LogP contribution in [0.3, 0.4) is 0 Å². The Kier molecular flexibility index (Phi) is 11.8. The fourth-order valence-corrected chi connectivity index (χ4v) is 4.43. The minimum absolute atomic E-state index is 0.338. The highest BCUT2D eigenvalue weighted by Crippen LogP contribution is 2.35.